The van der Waals surface area contributed by atoms with Gasteiger partial charge in [0.2, 0.25) is 11.8 Å². The van der Waals surface area contributed by atoms with Crippen molar-refractivity contribution in [3.8, 4) is 11.5 Å². The van der Waals surface area contributed by atoms with Crippen molar-refractivity contribution < 1.29 is 14.3 Å². The number of rotatable bonds is 5. The zero-order valence-corrected chi connectivity index (χ0v) is 17.3. The summed E-state index contributed by atoms with van der Waals surface area (Å²) < 4.78 is 5.57. The number of oxazole rings is 1. The van der Waals surface area contributed by atoms with Crippen molar-refractivity contribution in [2.75, 3.05) is 34.8 Å². The summed E-state index contributed by atoms with van der Waals surface area (Å²) in [6.07, 6.45) is 5.20. The summed E-state index contributed by atoms with van der Waals surface area (Å²) >= 11 is 0. The number of benzene rings is 1. The van der Waals surface area contributed by atoms with Crippen molar-refractivity contribution in [3.63, 3.8) is 0 Å². The average molecular weight is 420 g/mol. The molecule has 1 atom stereocenters. The van der Waals surface area contributed by atoms with Crippen LogP contribution in [0.3, 0.4) is 0 Å². The fourth-order valence-electron chi connectivity index (χ4n) is 4.27. The van der Waals surface area contributed by atoms with Gasteiger partial charge in [-0.25, -0.2) is 9.97 Å². The zero-order valence-electron chi connectivity index (χ0n) is 17.3. The summed E-state index contributed by atoms with van der Waals surface area (Å²) in [5.74, 6) is 1.94. The molecule has 2 N–H and O–H groups in total. The van der Waals surface area contributed by atoms with Gasteiger partial charge >= 0.3 is 0 Å². The number of amides is 1. The standard InChI is InChI=1S/C22H24N6O3/c1-2-23-22-25-11-18-19(26-22)27-8-4-7-16(27)12-28(21(18)30)15-6-3-5-14(9-15)20-24-10-17(13-29)31-20/h3,5-6,9-11,16,29H,2,4,7-8,12-13H2,1H3,(H,23,25,26)/t16-/m0/s1. The molecule has 31 heavy (non-hydrogen) atoms. The second-order valence-electron chi connectivity index (χ2n) is 7.71. The highest BCUT2D eigenvalue weighted by Crippen LogP contribution is 2.35. The molecule has 1 aromatic carbocycles. The molecule has 9 heteroatoms. The van der Waals surface area contributed by atoms with Crippen LogP contribution in [0.1, 0.15) is 35.9 Å². The van der Waals surface area contributed by atoms with Gasteiger partial charge in [0.05, 0.1) is 6.20 Å². The van der Waals surface area contributed by atoms with E-state index in [1.54, 1.807) is 11.1 Å². The molecule has 0 aliphatic carbocycles. The van der Waals surface area contributed by atoms with Crippen molar-refractivity contribution >= 4 is 23.4 Å². The van der Waals surface area contributed by atoms with Gasteiger partial charge in [-0.2, -0.15) is 4.98 Å². The number of carbonyl (C=O) groups is 1. The number of aliphatic hydroxyl groups is 1. The van der Waals surface area contributed by atoms with Crippen LogP contribution >= 0.6 is 0 Å². The second-order valence-corrected chi connectivity index (χ2v) is 7.71. The Kier molecular flexibility index (Phi) is 5.03. The van der Waals surface area contributed by atoms with Gasteiger partial charge in [-0.15, -0.1) is 0 Å². The van der Waals surface area contributed by atoms with Gasteiger partial charge in [0, 0.05) is 43.1 Å². The Morgan fingerprint density at radius 2 is 2.19 bits per heavy atom. The maximum atomic E-state index is 13.6. The molecule has 3 aromatic rings. The van der Waals surface area contributed by atoms with Gasteiger partial charge in [-0.3, -0.25) is 4.79 Å². The van der Waals surface area contributed by atoms with E-state index >= 15 is 0 Å². The third kappa shape index (κ3) is 3.50. The summed E-state index contributed by atoms with van der Waals surface area (Å²) in [5, 5.41) is 12.4. The van der Waals surface area contributed by atoms with Crippen LogP contribution in [0.25, 0.3) is 11.5 Å². The van der Waals surface area contributed by atoms with Gasteiger partial charge in [-0.05, 0) is 38.0 Å². The van der Waals surface area contributed by atoms with Crippen LogP contribution in [0.2, 0.25) is 0 Å². The molecule has 4 heterocycles. The summed E-state index contributed by atoms with van der Waals surface area (Å²) in [4.78, 5) is 30.8. The minimum Gasteiger partial charge on any atom is -0.439 e. The molecule has 160 valence electrons. The van der Waals surface area contributed by atoms with Crippen LogP contribution in [0.15, 0.2) is 41.1 Å². The van der Waals surface area contributed by atoms with E-state index < -0.39 is 0 Å². The largest absolute Gasteiger partial charge is 0.439 e. The Labute approximate surface area is 179 Å². The van der Waals surface area contributed by atoms with Crippen LogP contribution in [-0.4, -0.2) is 51.6 Å². The maximum absolute atomic E-state index is 13.6. The molecular formula is C22H24N6O3. The van der Waals surface area contributed by atoms with Crippen molar-refractivity contribution in [1.82, 2.24) is 15.0 Å². The monoisotopic (exact) mass is 420 g/mol. The number of fused-ring (bicyclic) bond motifs is 3. The normalized spacial score (nSPS) is 18.0. The topological polar surface area (TPSA) is 108 Å². The van der Waals surface area contributed by atoms with Crippen molar-refractivity contribution in [2.45, 2.75) is 32.4 Å². The van der Waals surface area contributed by atoms with E-state index in [1.165, 1.54) is 6.20 Å². The molecule has 9 nitrogen and oxygen atoms in total. The van der Waals surface area contributed by atoms with E-state index in [1.807, 2.05) is 31.2 Å². The number of nitrogens with one attached hydrogen (secondary N) is 1. The van der Waals surface area contributed by atoms with Crippen LogP contribution in [-0.2, 0) is 6.61 Å². The Morgan fingerprint density at radius 1 is 1.29 bits per heavy atom. The fourth-order valence-corrected chi connectivity index (χ4v) is 4.27. The Hall–Kier alpha value is -3.46. The molecule has 2 aromatic heterocycles. The number of carbonyl (C=O) groups excluding carboxylic acids is 1. The predicted octanol–water partition coefficient (Wildman–Crippen LogP) is 2.68. The lowest BCUT2D eigenvalue weighted by Crippen LogP contribution is -2.39. The van der Waals surface area contributed by atoms with E-state index in [2.05, 4.69) is 25.2 Å². The molecule has 1 saturated heterocycles. The highest BCUT2D eigenvalue weighted by Gasteiger charge is 2.37. The van der Waals surface area contributed by atoms with Gasteiger partial charge in [0.15, 0.2) is 0 Å². The SMILES string of the molecule is CCNc1ncc2c(n1)N1CCC[C@H]1CN(c1cccc(-c3ncc(CO)o3)c1)C2=O. The number of anilines is 3. The quantitative estimate of drug-likeness (QED) is 0.649. The van der Waals surface area contributed by atoms with E-state index in [-0.39, 0.29) is 18.6 Å². The van der Waals surface area contributed by atoms with Gasteiger partial charge < -0.3 is 24.6 Å². The summed E-state index contributed by atoms with van der Waals surface area (Å²) in [7, 11) is 0. The van der Waals surface area contributed by atoms with Crippen LogP contribution in [0, 0.1) is 0 Å². The molecule has 1 fully saturated rings. The van der Waals surface area contributed by atoms with Crippen molar-refractivity contribution in [2.24, 2.45) is 0 Å². The highest BCUT2D eigenvalue weighted by atomic mass is 16.4. The minimum atomic E-state index is -0.208. The summed E-state index contributed by atoms with van der Waals surface area (Å²) in [5.41, 5.74) is 2.02. The zero-order chi connectivity index (χ0) is 21.4. The van der Waals surface area contributed by atoms with Crippen molar-refractivity contribution in [1.29, 1.82) is 0 Å². The Morgan fingerprint density at radius 3 is 3.00 bits per heavy atom. The number of hydrogen-bond donors (Lipinski definition) is 2. The molecule has 2 aliphatic heterocycles. The highest BCUT2D eigenvalue weighted by molar-refractivity contribution is 6.10. The lowest BCUT2D eigenvalue weighted by Gasteiger charge is -2.27. The summed E-state index contributed by atoms with van der Waals surface area (Å²) in [6.45, 7) is 3.95. The smallest absolute Gasteiger partial charge is 0.263 e. The summed E-state index contributed by atoms with van der Waals surface area (Å²) in [6, 6.07) is 7.75. The van der Waals surface area contributed by atoms with Crippen LogP contribution in [0.4, 0.5) is 17.5 Å². The number of aromatic nitrogens is 3. The molecule has 0 unspecified atom stereocenters. The first-order valence-electron chi connectivity index (χ1n) is 10.5. The number of nitrogens with zero attached hydrogens (tertiary/aromatic N) is 5. The van der Waals surface area contributed by atoms with E-state index in [0.29, 0.717) is 42.1 Å². The van der Waals surface area contributed by atoms with Crippen LogP contribution in [0.5, 0.6) is 0 Å². The average Bonchev–Trinajstić information content (AvgIpc) is 3.45. The third-order valence-electron chi connectivity index (χ3n) is 5.74. The first-order chi connectivity index (χ1) is 15.2. The molecule has 0 saturated carbocycles. The first-order valence-corrected chi connectivity index (χ1v) is 10.5. The lowest BCUT2D eigenvalue weighted by atomic mass is 10.1. The first kappa shape index (κ1) is 19.5. The van der Waals surface area contributed by atoms with Gasteiger partial charge in [0.25, 0.3) is 5.91 Å². The maximum Gasteiger partial charge on any atom is 0.263 e. The second kappa shape index (κ2) is 7.99. The molecule has 2 aliphatic rings. The Balaban J connectivity index is 1.54. The van der Waals surface area contributed by atoms with E-state index in [9.17, 15) is 9.90 Å². The number of aliphatic hydroxyl groups excluding tert-OH is 1. The Bertz CT molecular complexity index is 1110. The molecule has 1 amide bonds. The molecular weight excluding hydrogens is 396 g/mol. The van der Waals surface area contributed by atoms with Crippen molar-refractivity contribution in [3.05, 3.63) is 48.0 Å². The van der Waals surface area contributed by atoms with Crippen LogP contribution < -0.4 is 15.1 Å². The lowest BCUT2D eigenvalue weighted by molar-refractivity contribution is 0.0988. The fraction of sp³-hybridized carbons (Fsp3) is 0.364. The van der Waals surface area contributed by atoms with Gasteiger partial charge in [0.1, 0.15) is 23.7 Å². The molecule has 5 rings (SSSR count). The minimum absolute atomic E-state index is 0.118. The third-order valence-corrected chi connectivity index (χ3v) is 5.74. The van der Waals surface area contributed by atoms with Gasteiger partial charge in [-0.1, -0.05) is 6.07 Å². The van der Waals surface area contributed by atoms with E-state index in [4.69, 9.17) is 4.42 Å². The molecule has 0 radical (unpaired) electrons. The molecule has 0 spiro atoms. The van der Waals surface area contributed by atoms with E-state index in [0.717, 1.165) is 30.6 Å². The number of hydrogen-bond acceptors (Lipinski definition) is 8. The predicted molar refractivity (Wildman–Crippen MR) is 116 cm³/mol. The molecule has 0 bridgehead atoms.